The highest BCUT2D eigenvalue weighted by Crippen LogP contribution is 2.30. The molecule has 3 nitrogen and oxygen atoms in total. The fourth-order valence-electron chi connectivity index (χ4n) is 1.89. The Kier molecular flexibility index (Phi) is 5.86. The number of carbonyl (C=O) groups excluding carboxylic acids is 1. The first-order valence-electron chi connectivity index (χ1n) is 6.60. The molecule has 0 saturated heterocycles. The lowest BCUT2D eigenvalue weighted by Gasteiger charge is -2.33. The van der Waals surface area contributed by atoms with Crippen LogP contribution in [0.15, 0.2) is 22.7 Å². The van der Waals surface area contributed by atoms with Crippen LogP contribution in [0.1, 0.15) is 46.6 Å². The molecule has 0 aliphatic heterocycles. The van der Waals surface area contributed by atoms with Crippen LogP contribution in [0.3, 0.4) is 0 Å². The minimum absolute atomic E-state index is 0.0312. The van der Waals surface area contributed by atoms with Crippen molar-refractivity contribution in [1.82, 2.24) is 4.72 Å². The Hall–Kier alpha value is -0.590. The molecule has 6 heteroatoms. The molecular formula is C15H21BrFNO2S. The summed E-state index contributed by atoms with van der Waals surface area (Å²) in [6.45, 7) is 8.84. The summed E-state index contributed by atoms with van der Waals surface area (Å²) in [5, 5.41) is 0. The summed E-state index contributed by atoms with van der Waals surface area (Å²) in [5.74, 6) is -0.405. The first-order chi connectivity index (χ1) is 9.45. The number of hydrogen-bond donors (Lipinski definition) is 1. The number of halogens is 2. The van der Waals surface area contributed by atoms with E-state index in [0.717, 1.165) is 0 Å². The number of rotatable bonds is 5. The van der Waals surface area contributed by atoms with Crippen LogP contribution in [0.4, 0.5) is 4.39 Å². The lowest BCUT2D eigenvalue weighted by molar-refractivity contribution is -0.118. The van der Waals surface area contributed by atoms with Crippen molar-refractivity contribution in [2.24, 2.45) is 0 Å². The molecule has 0 aliphatic carbocycles. The van der Waals surface area contributed by atoms with E-state index in [-0.39, 0.29) is 18.0 Å². The fourth-order valence-corrected chi connectivity index (χ4v) is 3.18. The van der Waals surface area contributed by atoms with Gasteiger partial charge in [-0.2, -0.15) is 0 Å². The van der Waals surface area contributed by atoms with Crippen molar-refractivity contribution in [3.05, 3.63) is 34.1 Å². The standard InChI is InChI=1S/C15H21BrFNO2S/c1-10(19)9-15(5,18-21(20)14(2,3)4)11-6-7-13(17)12(16)8-11/h6-8,18H,9H2,1-5H3. The van der Waals surface area contributed by atoms with E-state index in [0.29, 0.717) is 10.0 Å². The van der Waals surface area contributed by atoms with Crippen LogP contribution in [-0.4, -0.2) is 14.7 Å². The molecule has 0 fully saturated rings. The third-order valence-electron chi connectivity index (χ3n) is 3.03. The summed E-state index contributed by atoms with van der Waals surface area (Å²) in [4.78, 5) is 11.6. The Labute approximate surface area is 136 Å². The summed E-state index contributed by atoms with van der Waals surface area (Å²) < 4.78 is 28.7. The van der Waals surface area contributed by atoms with Gasteiger partial charge in [0.15, 0.2) is 0 Å². The van der Waals surface area contributed by atoms with E-state index in [1.54, 1.807) is 19.1 Å². The zero-order valence-corrected chi connectivity index (χ0v) is 15.3. The van der Waals surface area contributed by atoms with E-state index in [4.69, 9.17) is 0 Å². The molecule has 118 valence electrons. The molecule has 0 heterocycles. The molecule has 1 aromatic rings. The average Bonchev–Trinajstić information content (AvgIpc) is 2.30. The van der Waals surface area contributed by atoms with Crippen LogP contribution < -0.4 is 4.72 Å². The molecule has 2 atom stereocenters. The number of benzene rings is 1. The highest BCUT2D eigenvalue weighted by Gasteiger charge is 2.34. The number of ketones is 1. The Morgan fingerprint density at radius 3 is 2.33 bits per heavy atom. The average molecular weight is 378 g/mol. The third kappa shape index (κ3) is 4.97. The molecule has 0 saturated carbocycles. The van der Waals surface area contributed by atoms with Gasteiger partial charge in [-0.1, -0.05) is 6.07 Å². The Bertz CT molecular complexity index is 571. The predicted octanol–water partition coefficient (Wildman–Crippen LogP) is 3.83. The van der Waals surface area contributed by atoms with Gasteiger partial charge in [0.1, 0.15) is 11.6 Å². The van der Waals surface area contributed by atoms with Crippen LogP contribution >= 0.6 is 15.9 Å². The maximum atomic E-state index is 13.4. The van der Waals surface area contributed by atoms with E-state index < -0.39 is 21.3 Å². The minimum Gasteiger partial charge on any atom is -0.300 e. The number of nitrogens with one attached hydrogen (secondary N) is 1. The van der Waals surface area contributed by atoms with Gasteiger partial charge >= 0.3 is 0 Å². The van der Waals surface area contributed by atoms with Gasteiger partial charge in [0.25, 0.3) is 0 Å². The highest BCUT2D eigenvalue weighted by molar-refractivity contribution is 9.10. The molecule has 1 N–H and O–H groups in total. The van der Waals surface area contributed by atoms with Crippen LogP contribution in [0.2, 0.25) is 0 Å². The van der Waals surface area contributed by atoms with Crippen molar-refractivity contribution in [3.63, 3.8) is 0 Å². The number of carbonyl (C=O) groups is 1. The monoisotopic (exact) mass is 377 g/mol. The molecule has 2 unspecified atom stereocenters. The molecule has 0 bridgehead atoms. The summed E-state index contributed by atoms with van der Waals surface area (Å²) in [6.07, 6.45) is 0.174. The minimum atomic E-state index is -1.35. The van der Waals surface area contributed by atoms with Gasteiger partial charge in [-0.05, 0) is 68.2 Å². The Balaban J connectivity index is 3.22. The smallest absolute Gasteiger partial charge is 0.137 e. The zero-order chi connectivity index (χ0) is 16.4. The normalized spacial score (nSPS) is 16.3. The molecule has 0 spiro atoms. The van der Waals surface area contributed by atoms with Gasteiger partial charge < -0.3 is 0 Å². The van der Waals surface area contributed by atoms with Gasteiger partial charge in [0.05, 0.1) is 25.7 Å². The first-order valence-corrected chi connectivity index (χ1v) is 8.54. The lowest BCUT2D eigenvalue weighted by atomic mass is 9.88. The predicted molar refractivity (Wildman–Crippen MR) is 87.8 cm³/mol. The van der Waals surface area contributed by atoms with Crippen molar-refractivity contribution in [2.45, 2.75) is 51.3 Å². The topological polar surface area (TPSA) is 46.2 Å². The van der Waals surface area contributed by atoms with Crippen molar-refractivity contribution < 1.29 is 13.4 Å². The SMILES string of the molecule is CC(=O)CC(C)(NS(=O)C(C)(C)C)c1ccc(F)c(Br)c1. The van der Waals surface area contributed by atoms with Crippen LogP contribution in [-0.2, 0) is 21.3 Å². The molecule has 1 rings (SSSR count). The second-order valence-electron chi connectivity index (χ2n) is 6.32. The third-order valence-corrected chi connectivity index (χ3v) is 5.39. The van der Waals surface area contributed by atoms with Crippen LogP contribution in [0.25, 0.3) is 0 Å². The molecule has 21 heavy (non-hydrogen) atoms. The molecule has 0 aromatic heterocycles. The van der Waals surface area contributed by atoms with Gasteiger partial charge in [-0.15, -0.1) is 0 Å². The number of hydrogen-bond acceptors (Lipinski definition) is 2. The largest absolute Gasteiger partial charge is 0.300 e. The van der Waals surface area contributed by atoms with Crippen molar-refractivity contribution in [3.8, 4) is 0 Å². The summed E-state index contributed by atoms with van der Waals surface area (Å²) in [6, 6.07) is 4.56. The van der Waals surface area contributed by atoms with Crippen LogP contribution in [0, 0.1) is 5.82 Å². The molecular weight excluding hydrogens is 357 g/mol. The van der Waals surface area contributed by atoms with Gasteiger partial charge in [0.2, 0.25) is 0 Å². The molecule has 0 amide bonds. The van der Waals surface area contributed by atoms with Gasteiger partial charge in [-0.3, -0.25) is 4.79 Å². The van der Waals surface area contributed by atoms with E-state index in [2.05, 4.69) is 20.7 Å². The first kappa shape index (κ1) is 18.5. The summed E-state index contributed by atoms with van der Waals surface area (Å²) >= 11 is 3.15. The number of Topliss-reactive ketones (excluding diaryl/α,β-unsaturated/α-hetero) is 1. The Morgan fingerprint density at radius 2 is 1.90 bits per heavy atom. The second kappa shape index (κ2) is 6.67. The highest BCUT2D eigenvalue weighted by atomic mass is 79.9. The second-order valence-corrected chi connectivity index (χ2v) is 9.14. The molecule has 0 radical (unpaired) electrons. The van der Waals surface area contributed by atoms with E-state index in [1.807, 2.05) is 20.8 Å². The maximum Gasteiger partial charge on any atom is 0.137 e. The van der Waals surface area contributed by atoms with Crippen molar-refractivity contribution >= 4 is 32.7 Å². The van der Waals surface area contributed by atoms with E-state index in [9.17, 15) is 13.4 Å². The Morgan fingerprint density at radius 1 is 1.33 bits per heavy atom. The maximum absolute atomic E-state index is 13.4. The summed E-state index contributed by atoms with van der Waals surface area (Å²) in [7, 11) is -1.35. The van der Waals surface area contributed by atoms with Crippen molar-refractivity contribution in [1.29, 1.82) is 0 Å². The van der Waals surface area contributed by atoms with E-state index >= 15 is 0 Å². The van der Waals surface area contributed by atoms with Gasteiger partial charge in [0, 0.05) is 6.42 Å². The quantitative estimate of drug-likeness (QED) is 0.847. The zero-order valence-electron chi connectivity index (χ0n) is 12.9. The van der Waals surface area contributed by atoms with Crippen molar-refractivity contribution in [2.75, 3.05) is 0 Å². The molecule has 0 aliphatic rings. The van der Waals surface area contributed by atoms with Gasteiger partial charge in [-0.25, -0.2) is 13.3 Å². The van der Waals surface area contributed by atoms with Crippen LogP contribution in [0.5, 0.6) is 0 Å². The molecule has 1 aromatic carbocycles. The lowest BCUT2D eigenvalue weighted by Crippen LogP contribution is -2.47. The summed E-state index contributed by atoms with van der Waals surface area (Å²) in [5.41, 5.74) is -0.108. The fraction of sp³-hybridized carbons (Fsp3) is 0.533. The van der Waals surface area contributed by atoms with E-state index in [1.165, 1.54) is 13.0 Å².